The molecule has 0 aromatic carbocycles. The summed E-state index contributed by atoms with van der Waals surface area (Å²) >= 11 is 0. The molecule has 0 aliphatic heterocycles. The molecule has 0 aromatic rings. The van der Waals surface area contributed by atoms with Crippen molar-refractivity contribution in [2.24, 2.45) is 0 Å². The molecular weight excluding hydrogens is 176 g/mol. The van der Waals surface area contributed by atoms with Crippen LogP contribution in [0.2, 0.25) is 0 Å². The lowest BCUT2D eigenvalue weighted by Crippen LogP contribution is -2.33. The SMILES string of the molecule is CCOC(OCC)[C@@H](O)CC(=O)O. The first-order valence-corrected chi connectivity index (χ1v) is 4.24. The van der Waals surface area contributed by atoms with E-state index in [4.69, 9.17) is 14.6 Å². The molecule has 0 amide bonds. The summed E-state index contributed by atoms with van der Waals surface area (Å²) in [5.41, 5.74) is 0. The maximum absolute atomic E-state index is 10.3. The molecule has 78 valence electrons. The molecule has 5 heteroatoms. The van der Waals surface area contributed by atoms with Crippen molar-refractivity contribution in [3.63, 3.8) is 0 Å². The van der Waals surface area contributed by atoms with Crippen LogP contribution in [0.1, 0.15) is 20.3 Å². The van der Waals surface area contributed by atoms with Crippen LogP contribution in [0.4, 0.5) is 0 Å². The quantitative estimate of drug-likeness (QED) is 0.564. The molecule has 0 bridgehead atoms. The van der Waals surface area contributed by atoms with Crippen molar-refractivity contribution in [3.8, 4) is 0 Å². The van der Waals surface area contributed by atoms with Gasteiger partial charge in [0.2, 0.25) is 0 Å². The third kappa shape index (κ3) is 5.57. The summed E-state index contributed by atoms with van der Waals surface area (Å²) in [5, 5.41) is 17.7. The van der Waals surface area contributed by atoms with Gasteiger partial charge in [0.25, 0.3) is 0 Å². The summed E-state index contributed by atoms with van der Waals surface area (Å²) in [6.45, 7) is 4.25. The molecular formula is C8H16O5. The molecule has 0 radical (unpaired) electrons. The van der Waals surface area contributed by atoms with Gasteiger partial charge in [0.15, 0.2) is 6.29 Å². The summed E-state index contributed by atoms with van der Waals surface area (Å²) in [5.74, 6) is -1.07. The van der Waals surface area contributed by atoms with Gasteiger partial charge in [0, 0.05) is 13.2 Å². The second-order valence-corrected chi connectivity index (χ2v) is 2.44. The molecule has 0 spiro atoms. The van der Waals surface area contributed by atoms with Crippen LogP contribution >= 0.6 is 0 Å². The highest BCUT2D eigenvalue weighted by Gasteiger charge is 2.22. The highest BCUT2D eigenvalue weighted by Crippen LogP contribution is 2.05. The lowest BCUT2D eigenvalue weighted by molar-refractivity contribution is -0.194. The van der Waals surface area contributed by atoms with Gasteiger partial charge < -0.3 is 19.7 Å². The van der Waals surface area contributed by atoms with E-state index >= 15 is 0 Å². The van der Waals surface area contributed by atoms with Gasteiger partial charge in [-0.05, 0) is 13.8 Å². The van der Waals surface area contributed by atoms with Gasteiger partial charge in [-0.3, -0.25) is 4.79 Å². The third-order valence-corrected chi connectivity index (χ3v) is 1.36. The van der Waals surface area contributed by atoms with Gasteiger partial charge in [0.1, 0.15) is 6.10 Å². The molecule has 0 aromatic heterocycles. The Labute approximate surface area is 77.3 Å². The number of aliphatic hydroxyl groups excluding tert-OH is 1. The number of carbonyl (C=O) groups is 1. The molecule has 0 aliphatic rings. The van der Waals surface area contributed by atoms with E-state index in [0.717, 1.165) is 0 Å². The van der Waals surface area contributed by atoms with Crippen molar-refractivity contribution in [1.29, 1.82) is 0 Å². The Morgan fingerprint density at radius 1 is 1.31 bits per heavy atom. The minimum atomic E-state index is -1.11. The Morgan fingerprint density at radius 3 is 2.08 bits per heavy atom. The van der Waals surface area contributed by atoms with E-state index in [1.165, 1.54) is 0 Å². The number of rotatable bonds is 7. The van der Waals surface area contributed by atoms with Crippen LogP contribution in [-0.2, 0) is 14.3 Å². The molecule has 0 rings (SSSR count). The second kappa shape index (κ2) is 6.82. The number of hydrogen-bond acceptors (Lipinski definition) is 4. The van der Waals surface area contributed by atoms with Gasteiger partial charge in [-0.15, -0.1) is 0 Å². The second-order valence-electron chi connectivity index (χ2n) is 2.44. The van der Waals surface area contributed by atoms with Crippen molar-refractivity contribution in [1.82, 2.24) is 0 Å². The van der Waals surface area contributed by atoms with Crippen molar-refractivity contribution >= 4 is 5.97 Å². The predicted octanol–water partition coefficient (Wildman–Crippen LogP) is 0.221. The van der Waals surface area contributed by atoms with E-state index in [-0.39, 0.29) is 6.42 Å². The van der Waals surface area contributed by atoms with E-state index in [1.54, 1.807) is 13.8 Å². The van der Waals surface area contributed by atoms with Crippen LogP contribution in [0.25, 0.3) is 0 Å². The molecule has 13 heavy (non-hydrogen) atoms. The highest BCUT2D eigenvalue weighted by atomic mass is 16.7. The minimum absolute atomic E-state index is 0.370. The van der Waals surface area contributed by atoms with E-state index in [0.29, 0.717) is 13.2 Å². The average molecular weight is 192 g/mol. The number of aliphatic hydroxyl groups is 1. The smallest absolute Gasteiger partial charge is 0.306 e. The fourth-order valence-corrected chi connectivity index (χ4v) is 0.874. The van der Waals surface area contributed by atoms with Crippen LogP contribution in [0.15, 0.2) is 0 Å². The number of aliphatic carboxylic acids is 1. The normalized spacial score (nSPS) is 13.2. The molecule has 0 unspecified atom stereocenters. The van der Waals surface area contributed by atoms with Gasteiger partial charge in [-0.25, -0.2) is 0 Å². The Kier molecular flexibility index (Phi) is 6.48. The van der Waals surface area contributed by atoms with Crippen LogP contribution in [0, 0.1) is 0 Å². The molecule has 5 nitrogen and oxygen atoms in total. The Bertz CT molecular complexity index is 141. The van der Waals surface area contributed by atoms with Crippen molar-refractivity contribution in [2.45, 2.75) is 32.7 Å². The molecule has 2 N–H and O–H groups in total. The van der Waals surface area contributed by atoms with Crippen LogP contribution in [-0.4, -0.2) is 41.8 Å². The maximum atomic E-state index is 10.3. The van der Waals surface area contributed by atoms with E-state index in [1.807, 2.05) is 0 Å². The lowest BCUT2D eigenvalue weighted by Gasteiger charge is -2.21. The molecule has 0 saturated carbocycles. The van der Waals surface area contributed by atoms with Gasteiger partial charge in [-0.1, -0.05) is 0 Å². The number of carboxylic acid groups (broad SMARTS) is 1. The third-order valence-electron chi connectivity index (χ3n) is 1.36. The lowest BCUT2D eigenvalue weighted by atomic mass is 10.2. The monoisotopic (exact) mass is 192 g/mol. The highest BCUT2D eigenvalue weighted by molar-refractivity contribution is 5.67. The summed E-state index contributed by atoms with van der Waals surface area (Å²) < 4.78 is 10.0. The largest absolute Gasteiger partial charge is 0.481 e. The van der Waals surface area contributed by atoms with Gasteiger partial charge >= 0.3 is 5.97 Å². The van der Waals surface area contributed by atoms with Crippen LogP contribution < -0.4 is 0 Å². The summed E-state index contributed by atoms with van der Waals surface area (Å²) in [4.78, 5) is 10.3. The van der Waals surface area contributed by atoms with Crippen molar-refractivity contribution in [3.05, 3.63) is 0 Å². The number of hydrogen-bond donors (Lipinski definition) is 2. The zero-order valence-electron chi connectivity index (χ0n) is 7.90. The Morgan fingerprint density at radius 2 is 1.77 bits per heavy atom. The fraction of sp³-hybridized carbons (Fsp3) is 0.875. The predicted molar refractivity (Wildman–Crippen MR) is 45.3 cm³/mol. The molecule has 0 saturated heterocycles. The fourth-order valence-electron chi connectivity index (χ4n) is 0.874. The zero-order valence-corrected chi connectivity index (χ0v) is 7.90. The van der Waals surface area contributed by atoms with Crippen LogP contribution in [0.3, 0.4) is 0 Å². The van der Waals surface area contributed by atoms with Crippen molar-refractivity contribution < 1.29 is 24.5 Å². The minimum Gasteiger partial charge on any atom is -0.481 e. The topological polar surface area (TPSA) is 76.0 Å². The first kappa shape index (κ1) is 12.3. The van der Waals surface area contributed by atoms with Crippen molar-refractivity contribution in [2.75, 3.05) is 13.2 Å². The van der Waals surface area contributed by atoms with E-state index in [2.05, 4.69) is 0 Å². The van der Waals surface area contributed by atoms with E-state index in [9.17, 15) is 9.90 Å². The van der Waals surface area contributed by atoms with Crippen LogP contribution in [0.5, 0.6) is 0 Å². The molecule has 1 atom stereocenters. The Hall–Kier alpha value is -0.650. The standard InChI is InChI=1S/C8H16O5/c1-3-12-8(13-4-2)6(9)5-7(10)11/h6,8-9H,3-5H2,1-2H3,(H,10,11)/t6-/m0/s1. The molecule has 0 fully saturated rings. The first-order chi connectivity index (χ1) is 6.11. The summed E-state index contributed by atoms with van der Waals surface area (Å²) in [7, 11) is 0. The number of carboxylic acids is 1. The number of ether oxygens (including phenoxy) is 2. The van der Waals surface area contributed by atoms with E-state index < -0.39 is 18.4 Å². The Balaban J connectivity index is 3.93. The zero-order chi connectivity index (χ0) is 10.3. The first-order valence-electron chi connectivity index (χ1n) is 4.24. The average Bonchev–Trinajstić information content (AvgIpc) is 2.02. The molecule has 0 heterocycles. The van der Waals surface area contributed by atoms with Gasteiger partial charge in [-0.2, -0.15) is 0 Å². The van der Waals surface area contributed by atoms with Gasteiger partial charge in [0.05, 0.1) is 6.42 Å². The molecule has 0 aliphatic carbocycles. The summed E-state index contributed by atoms with van der Waals surface area (Å²) in [6.07, 6.45) is -2.33. The maximum Gasteiger partial charge on any atom is 0.306 e. The summed E-state index contributed by atoms with van der Waals surface area (Å²) in [6, 6.07) is 0.